The third kappa shape index (κ3) is 6.60. The molecule has 0 aromatic heterocycles. The van der Waals surface area contributed by atoms with Crippen LogP contribution < -0.4 is 4.74 Å². The number of thioether (sulfide) groups is 1. The monoisotopic (exact) mass is 308 g/mol. The molecule has 20 heavy (non-hydrogen) atoms. The lowest BCUT2D eigenvalue weighted by Gasteiger charge is -2.09. The molecule has 0 aliphatic heterocycles. The molecule has 1 aromatic carbocycles. The molecule has 1 rings (SSSR count). The maximum atomic E-state index is 13.5. The SMILES string of the molecule is CC(=O)SCCC=Cc1ccc(OC(F)(F)F)cc1F. The average Bonchev–Trinajstić information content (AvgIpc) is 2.28. The lowest BCUT2D eigenvalue weighted by molar-refractivity contribution is -0.274. The quantitative estimate of drug-likeness (QED) is 0.595. The number of hydrogen-bond acceptors (Lipinski definition) is 3. The van der Waals surface area contributed by atoms with Gasteiger partial charge in [0.1, 0.15) is 11.6 Å². The third-order valence-corrected chi connectivity index (χ3v) is 2.94. The minimum Gasteiger partial charge on any atom is -0.406 e. The van der Waals surface area contributed by atoms with Gasteiger partial charge in [-0.05, 0) is 18.6 Å². The van der Waals surface area contributed by atoms with Crippen LogP contribution in [0.3, 0.4) is 0 Å². The van der Waals surface area contributed by atoms with Crippen molar-refractivity contribution in [2.45, 2.75) is 19.7 Å². The first-order valence-corrected chi connectivity index (χ1v) is 6.61. The van der Waals surface area contributed by atoms with Gasteiger partial charge in [-0.25, -0.2) is 4.39 Å². The van der Waals surface area contributed by atoms with Gasteiger partial charge in [-0.15, -0.1) is 13.2 Å². The number of carbonyl (C=O) groups is 1. The maximum Gasteiger partial charge on any atom is 0.573 e. The van der Waals surface area contributed by atoms with Gasteiger partial charge in [-0.1, -0.05) is 23.9 Å². The molecule has 0 N–H and O–H groups in total. The van der Waals surface area contributed by atoms with E-state index in [2.05, 4.69) is 4.74 Å². The zero-order chi connectivity index (χ0) is 15.2. The van der Waals surface area contributed by atoms with Crippen molar-refractivity contribution in [3.05, 3.63) is 35.7 Å². The molecule has 0 saturated carbocycles. The van der Waals surface area contributed by atoms with Gasteiger partial charge in [0.05, 0.1) is 0 Å². The third-order valence-electron chi connectivity index (χ3n) is 2.09. The Balaban J connectivity index is 2.59. The molecule has 2 nitrogen and oxygen atoms in total. The van der Waals surface area contributed by atoms with Crippen LogP contribution in [0.1, 0.15) is 18.9 Å². The molecule has 0 amide bonds. The lowest BCUT2D eigenvalue weighted by atomic mass is 10.2. The summed E-state index contributed by atoms with van der Waals surface area (Å²) in [6, 6.07) is 2.92. The Morgan fingerprint density at radius 1 is 1.40 bits per heavy atom. The number of rotatable bonds is 5. The molecular weight excluding hydrogens is 296 g/mol. The van der Waals surface area contributed by atoms with E-state index in [1.165, 1.54) is 19.1 Å². The molecule has 0 aliphatic carbocycles. The Labute approximate surface area is 117 Å². The van der Waals surface area contributed by atoms with Gasteiger partial charge < -0.3 is 4.74 Å². The second-order valence-electron chi connectivity index (χ2n) is 3.76. The first kappa shape index (κ1) is 16.6. The molecule has 0 spiro atoms. The smallest absolute Gasteiger partial charge is 0.406 e. The molecule has 0 saturated heterocycles. The largest absolute Gasteiger partial charge is 0.573 e. The number of alkyl halides is 3. The van der Waals surface area contributed by atoms with Crippen LogP contribution in [-0.2, 0) is 4.79 Å². The number of carbonyl (C=O) groups excluding carboxylic acids is 1. The van der Waals surface area contributed by atoms with Crippen LogP contribution in [0.25, 0.3) is 6.08 Å². The van der Waals surface area contributed by atoms with E-state index < -0.39 is 17.9 Å². The van der Waals surface area contributed by atoms with Gasteiger partial charge in [0.2, 0.25) is 0 Å². The van der Waals surface area contributed by atoms with Crippen molar-refractivity contribution in [1.29, 1.82) is 0 Å². The van der Waals surface area contributed by atoms with E-state index in [1.54, 1.807) is 6.08 Å². The summed E-state index contributed by atoms with van der Waals surface area (Å²) in [5.74, 6) is -0.829. The normalized spacial score (nSPS) is 11.8. The highest BCUT2D eigenvalue weighted by molar-refractivity contribution is 8.13. The summed E-state index contributed by atoms with van der Waals surface area (Å²) in [5.41, 5.74) is 0.160. The molecule has 0 fully saturated rings. The van der Waals surface area contributed by atoms with Crippen molar-refractivity contribution < 1.29 is 27.1 Å². The Morgan fingerprint density at radius 2 is 2.10 bits per heavy atom. The van der Waals surface area contributed by atoms with Crippen molar-refractivity contribution in [1.82, 2.24) is 0 Å². The van der Waals surface area contributed by atoms with E-state index in [1.807, 2.05) is 0 Å². The van der Waals surface area contributed by atoms with Gasteiger partial charge >= 0.3 is 6.36 Å². The van der Waals surface area contributed by atoms with Gasteiger partial charge in [-0.3, -0.25) is 4.79 Å². The van der Waals surface area contributed by atoms with Crippen LogP contribution in [0, 0.1) is 5.82 Å². The van der Waals surface area contributed by atoms with Gasteiger partial charge in [0.25, 0.3) is 0 Å². The Bertz CT molecular complexity index is 498. The number of ether oxygens (including phenoxy) is 1. The minimum absolute atomic E-state index is 0.00164. The van der Waals surface area contributed by atoms with Crippen molar-refractivity contribution >= 4 is 23.0 Å². The van der Waals surface area contributed by atoms with Crippen LogP contribution in [0.4, 0.5) is 17.6 Å². The highest BCUT2D eigenvalue weighted by Crippen LogP contribution is 2.25. The van der Waals surface area contributed by atoms with Crippen molar-refractivity contribution in [3.8, 4) is 5.75 Å². The topological polar surface area (TPSA) is 26.3 Å². The van der Waals surface area contributed by atoms with E-state index in [0.717, 1.165) is 17.8 Å². The van der Waals surface area contributed by atoms with E-state index in [4.69, 9.17) is 0 Å². The summed E-state index contributed by atoms with van der Waals surface area (Å²) < 4.78 is 52.9. The van der Waals surface area contributed by atoms with Crippen LogP contribution >= 0.6 is 11.8 Å². The fourth-order valence-electron chi connectivity index (χ4n) is 1.32. The van der Waals surface area contributed by atoms with Crippen molar-refractivity contribution in [2.75, 3.05) is 5.75 Å². The molecule has 7 heteroatoms. The second kappa shape index (κ2) is 7.33. The summed E-state index contributed by atoms with van der Waals surface area (Å²) >= 11 is 1.15. The zero-order valence-corrected chi connectivity index (χ0v) is 11.4. The molecule has 0 heterocycles. The van der Waals surface area contributed by atoms with Gasteiger partial charge in [-0.2, -0.15) is 0 Å². The zero-order valence-electron chi connectivity index (χ0n) is 10.5. The lowest BCUT2D eigenvalue weighted by Crippen LogP contribution is -2.17. The minimum atomic E-state index is -4.84. The average molecular weight is 308 g/mol. The van der Waals surface area contributed by atoms with E-state index in [9.17, 15) is 22.4 Å². The van der Waals surface area contributed by atoms with Crippen molar-refractivity contribution in [3.63, 3.8) is 0 Å². The predicted molar refractivity (Wildman–Crippen MR) is 69.9 cm³/mol. The number of benzene rings is 1. The fraction of sp³-hybridized carbons (Fsp3) is 0.308. The molecule has 0 unspecified atom stereocenters. The first-order chi connectivity index (χ1) is 9.28. The molecule has 0 aliphatic rings. The Kier molecular flexibility index (Phi) is 6.06. The van der Waals surface area contributed by atoms with Gasteiger partial charge in [0.15, 0.2) is 5.12 Å². The van der Waals surface area contributed by atoms with Gasteiger partial charge in [0, 0.05) is 24.3 Å². The van der Waals surface area contributed by atoms with Crippen LogP contribution in [0.15, 0.2) is 24.3 Å². The van der Waals surface area contributed by atoms with Crippen molar-refractivity contribution in [2.24, 2.45) is 0 Å². The van der Waals surface area contributed by atoms with Crippen LogP contribution in [0.2, 0.25) is 0 Å². The molecule has 1 aromatic rings. The Morgan fingerprint density at radius 3 is 2.65 bits per heavy atom. The van der Waals surface area contributed by atoms with E-state index >= 15 is 0 Å². The van der Waals surface area contributed by atoms with E-state index in [-0.39, 0.29) is 10.7 Å². The number of halogens is 4. The summed E-state index contributed by atoms with van der Waals surface area (Å²) in [6.45, 7) is 1.45. The molecule has 0 radical (unpaired) electrons. The second-order valence-corrected chi connectivity index (χ2v) is 5.03. The highest BCUT2D eigenvalue weighted by Gasteiger charge is 2.31. The Hall–Kier alpha value is -1.50. The predicted octanol–water partition coefficient (Wildman–Crippen LogP) is 4.41. The summed E-state index contributed by atoms with van der Waals surface area (Å²) in [7, 11) is 0. The number of allylic oxidation sites excluding steroid dienone is 1. The maximum absolute atomic E-state index is 13.5. The van der Waals surface area contributed by atoms with E-state index in [0.29, 0.717) is 18.2 Å². The molecule has 110 valence electrons. The van der Waals surface area contributed by atoms with Crippen LogP contribution in [-0.4, -0.2) is 17.2 Å². The summed E-state index contributed by atoms with van der Waals surface area (Å²) in [6.07, 6.45) is -1.18. The van der Waals surface area contributed by atoms with Crippen LogP contribution in [0.5, 0.6) is 5.75 Å². The summed E-state index contributed by atoms with van der Waals surface area (Å²) in [5, 5.41) is -0.00164. The molecule has 0 atom stereocenters. The number of hydrogen-bond donors (Lipinski definition) is 0. The fourth-order valence-corrected chi connectivity index (χ4v) is 1.86. The highest BCUT2D eigenvalue weighted by atomic mass is 32.2. The first-order valence-electron chi connectivity index (χ1n) is 5.63. The summed E-state index contributed by atoms with van der Waals surface area (Å²) in [4.78, 5) is 10.7. The molecule has 0 bridgehead atoms. The molecular formula is C13H12F4O2S. The standard InChI is InChI=1S/C13H12F4O2S/c1-9(18)20-7-3-2-4-10-5-6-11(8-12(10)14)19-13(15,16)17/h2,4-6,8H,3,7H2,1H3.